The number of aromatic nitrogens is 2. The van der Waals surface area contributed by atoms with Crippen LogP contribution in [-0.2, 0) is 10.0 Å². The molecule has 0 saturated carbocycles. The summed E-state index contributed by atoms with van der Waals surface area (Å²) in [6.45, 7) is 0. The van der Waals surface area contributed by atoms with Gasteiger partial charge in [0.1, 0.15) is 10.6 Å². The number of carbonyl (C=O) groups is 1. The molecule has 0 aromatic carbocycles. The summed E-state index contributed by atoms with van der Waals surface area (Å²) in [4.78, 5) is 21.9. The van der Waals surface area contributed by atoms with Crippen LogP contribution in [0.1, 0.15) is 9.67 Å². The van der Waals surface area contributed by atoms with Crippen molar-refractivity contribution in [3.05, 3.63) is 40.0 Å². The first-order valence-electron chi connectivity index (χ1n) is 6.77. The minimum Gasteiger partial charge on any atom is -0.290 e. The third kappa shape index (κ3) is 2.22. The van der Waals surface area contributed by atoms with Crippen LogP contribution in [0.15, 0.2) is 40.1 Å². The molecule has 1 aliphatic heterocycles. The van der Waals surface area contributed by atoms with Crippen LogP contribution in [0.5, 0.6) is 0 Å². The summed E-state index contributed by atoms with van der Waals surface area (Å²) < 4.78 is 26.1. The van der Waals surface area contributed by atoms with Gasteiger partial charge in [0, 0.05) is 7.05 Å². The first-order valence-corrected chi connectivity index (χ1v) is 9.97. The second-order valence-electron chi connectivity index (χ2n) is 4.95. The highest BCUT2D eigenvalue weighted by molar-refractivity contribution is 7.93. The van der Waals surface area contributed by atoms with E-state index in [1.807, 2.05) is 0 Å². The summed E-state index contributed by atoms with van der Waals surface area (Å²) in [6.07, 6.45) is 1.41. The standard InChI is InChI=1S/C14H10N4O3S3/c1-18-8-7-15-14(17-13(19)9-3-2-5-22-9)16-11(8)12-10(4-6-23-12)24(18,20)21/h2-7H,1H3,(H,15,16,17,19). The van der Waals surface area contributed by atoms with Crippen LogP contribution >= 0.6 is 22.7 Å². The highest BCUT2D eigenvalue weighted by Gasteiger charge is 2.35. The molecule has 24 heavy (non-hydrogen) atoms. The van der Waals surface area contributed by atoms with Gasteiger partial charge in [0.25, 0.3) is 15.9 Å². The van der Waals surface area contributed by atoms with E-state index >= 15 is 0 Å². The van der Waals surface area contributed by atoms with E-state index < -0.39 is 10.0 Å². The van der Waals surface area contributed by atoms with Gasteiger partial charge in [0.05, 0.1) is 21.6 Å². The lowest BCUT2D eigenvalue weighted by molar-refractivity contribution is 0.102. The van der Waals surface area contributed by atoms with Gasteiger partial charge in [-0.1, -0.05) is 6.07 Å². The molecular weight excluding hydrogens is 368 g/mol. The van der Waals surface area contributed by atoms with E-state index in [1.54, 1.807) is 29.0 Å². The van der Waals surface area contributed by atoms with E-state index in [4.69, 9.17) is 0 Å². The Morgan fingerprint density at radius 3 is 2.83 bits per heavy atom. The molecule has 0 fully saturated rings. The molecule has 122 valence electrons. The molecule has 0 spiro atoms. The van der Waals surface area contributed by atoms with Crippen molar-refractivity contribution in [2.45, 2.75) is 4.90 Å². The largest absolute Gasteiger partial charge is 0.290 e. The number of rotatable bonds is 2. The molecule has 3 aromatic rings. The number of fused-ring (bicyclic) bond motifs is 3. The van der Waals surface area contributed by atoms with Crippen LogP contribution in [0.2, 0.25) is 0 Å². The molecule has 0 radical (unpaired) electrons. The smallest absolute Gasteiger partial charge is 0.268 e. The predicted octanol–water partition coefficient (Wildman–Crippen LogP) is 2.66. The van der Waals surface area contributed by atoms with Crippen LogP contribution in [-0.4, -0.2) is 31.3 Å². The number of anilines is 2. The fourth-order valence-electron chi connectivity index (χ4n) is 2.35. The summed E-state index contributed by atoms with van der Waals surface area (Å²) in [5.41, 5.74) is 0.882. The second kappa shape index (κ2) is 5.36. The lowest BCUT2D eigenvalue weighted by Gasteiger charge is -2.25. The third-order valence-corrected chi connectivity index (χ3v) is 7.29. The molecule has 1 amide bonds. The van der Waals surface area contributed by atoms with Gasteiger partial charge in [-0.15, -0.1) is 22.7 Å². The number of carbonyl (C=O) groups excluding carboxylic acids is 1. The molecule has 3 aromatic heterocycles. The monoisotopic (exact) mass is 378 g/mol. The first kappa shape index (κ1) is 15.2. The number of nitrogens with one attached hydrogen (secondary N) is 1. The summed E-state index contributed by atoms with van der Waals surface area (Å²) in [7, 11) is -2.12. The predicted molar refractivity (Wildman–Crippen MR) is 93.2 cm³/mol. The van der Waals surface area contributed by atoms with Crippen LogP contribution in [0.4, 0.5) is 11.6 Å². The Morgan fingerprint density at radius 2 is 2.08 bits per heavy atom. The number of amides is 1. The van der Waals surface area contributed by atoms with Gasteiger partial charge in [-0.25, -0.2) is 18.4 Å². The molecule has 0 saturated heterocycles. The molecule has 0 aliphatic carbocycles. The molecule has 1 N–H and O–H groups in total. The average molecular weight is 378 g/mol. The molecule has 0 atom stereocenters. The zero-order valence-corrected chi connectivity index (χ0v) is 14.7. The lowest BCUT2D eigenvalue weighted by Crippen LogP contribution is -2.30. The van der Waals surface area contributed by atoms with Crippen LogP contribution in [0, 0.1) is 0 Å². The van der Waals surface area contributed by atoms with Gasteiger partial charge in [0.15, 0.2) is 0 Å². The van der Waals surface area contributed by atoms with E-state index in [9.17, 15) is 13.2 Å². The van der Waals surface area contributed by atoms with Crippen molar-refractivity contribution >= 4 is 50.2 Å². The SMILES string of the molecule is CN1c2cnc(NC(=O)c3cccs3)nc2-c2sccc2S1(=O)=O. The fraction of sp³-hybridized carbons (Fsp3) is 0.0714. The maximum atomic E-state index is 12.5. The Morgan fingerprint density at radius 1 is 1.25 bits per heavy atom. The Kier molecular flexibility index (Phi) is 3.41. The second-order valence-corrected chi connectivity index (χ2v) is 8.75. The Balaban J connectivity index is 1.77. The molecule has 4 heterocycles. The number of hydrogen-bond donors (Lipinski definition) is 1. The van der Waals surface area contributed by atoms with E-state index in [1.165, 1.54) is 35.9 Å². The zero-order valence-electron chi connectivity index (χ0n) is 12.3. The van der Waals surface area contributed by atoms with Crippen LogP contribution in [0.3, 0.4) is 0 Å². The summed E-state index contributed by atoms with van der Waals surface area (Å²) in [5.74, 6) is -0.160. The zero-order chi connectivity index (χ0) is 16.9. The van der Waals surface area contributed by atoms with E-state index in [-0.39, 0.29) is 16.8 Å². The third-order valence-electron chi connectivity index (χ3n) is 3.56. The van der Waals surface area contributed by atoms with Gasteiger partial charge in [0.2, 0.25) is 5.95 Å². The highest BCUT2D eigenvalue weighted by Crippen LogP contribution is 2.43. The van der Waals surface area contributed by atoms with E-state index in [0.29, 0.717) is 21.1 Å². The number of thiophene rings is 2. The average Bonchev–Trinajstić information content (AvgIpc) is 3.24. The summed E-state index contributed by atoms with van der Waals surface area (Å²) in [5, 5.41) is 6.15. The number of hydrogen-bond acceptors (Lipinski definition) is 7. The van der Waals surface area contributed by atoms with Gasteiger partial charge in [-0.05, 0) is 22.9 Å². The van der Waals surface area contributed by atoms with Gasteiger partial charge in [-0.2, -0.15) is 0 Å². The van der Waals surface area contributed by atoms with Crippen molar-refractivity contribution in [2.75, 3.05) is 16.7 Å². The summed E-state index contributed by atoms with van der Waals surface area (Å²) >= 11 is 2.61. The van der Waals surface area contributed by atoms with Crippen molar-refractivity contribution in [3.63, 3.8) is 0 Å². The molecule has 7 nitrogen and oxygen atoms in total. The van der Waals surface area contributed by atoms with Crippen molar-refractivity contribution in [2.24, 2.45) is 0 Å². The van der Waals surface area contributed by atoms with Crippen LogP contribution < -0.4 is 9.62 Å². The normalized spacial score (nSPS) is 14.8. The van der Waals surface area contributed by atoms with E-state index in [2.05, 4.69) is 15.3 Å². The maximum Gasteiger partial charge on any atom is 0.268 e. The van der Waals surface area contributed by atoms with Crippen molar-refractivity contribution in [1.29, 1.82) is 0 Å². The molecular formula is C14H10N4O3S3. The van der Waals surface area contributed by atoms with E-state index in [0.717, 1.165) is 4.31 Å². The van der Waals surface area contributed by atoms with Gasteiger partial charge < -0.3 is 0 Å². The molecule has 4 rings (SSSR count). The van der Waals surface area contributed by atoms with Crippen molar-refractivity contribution in [1.82, 2.24) is 9.97 Å². The molecule has 10 heteroatoms. The van der Waals surface area contributed by atoms with Crippen molar-refractivity contribution < 1.29 is 13.2 Å². The van der Waals surface area contributed by atoms with Gasteiger partial charge in [-0.3, -0.25) is 14.4 Å². The summed E-state index contributed by atoms with van der Waals surface area (Å²) in [6, 6.07) is 5.04. The lowest BCUT2D eigenvalue weighted by atomic mass is 10.3. The molecule has 0 unspecified atom stereocenters. The quantitative estimate of drug-likeness (QED) is 0.740. The Labute approximate surface area is 145 Å². The number of sulfonamides is 1. The topological polar surface area (TPSA) is 92.3 Å². The number of nitrogens with zero attached hydrogens (tertiary/aromatic N) is 3. The maximum absolute atomic E-state index is 12.5. The highest BCUT2D eigenvalue weighted by atomic mass is 32.2. The van der Waals surface area contributed by atoms with Crippen molar-refractivity contribution in [3.8, 4) is 10.6 Å². The molecule has 1 aliphatic rings. The minimum atomic E-state index is -3.58. The van der Waals surface area contributed by atoms with Crippen LogP contribution in [0.25, 0.3) is 10.6 Å². The minimum absolute atomic E-state index is 0.138. The molecule has 0 bridgehead atoms. The Bertz CT molecular complexity index is 1040. The fourth-order valence-corrected chi connectivity index (χ4v) is 5.56. The first-order chi connectivity index (χ1) is 11.5. The van der Waals surface area contributed by atoms with Gasteiger partial charge >= 0.3 is 0 Å². The Hall–Kier alpha value is -2.30.